The standard InChI is InChI=1S/C14H17Cl2N3/c1-9-14(10(2)19(18-9)4-3-17)7-11-5-12(15)8-13(16)6-11/h5-6,8H,3-4,7,17H2,1-2H3. The van der Waals surface area contributed by atoms with Gasteiger partial charge in [0.2, 0.25) is 0 Å². The first kappa shape index (κ1) is 14.4. The Morgan fingerprint density at radius 1 is 1.16 bits per heavy atom. The third-order valence-corrected chi connectivity index (χ3v) is 3.61. The molecule has 5 heteroatoms. The number of aryl methyl sites for hydroxylation is 1. The van der Waals surface area contributed by atoms with Crippen LogP contribution in [-0.2, 0) is 13.0 Å². The number of benzene rings is 1. The highest BCUT2D eigenvalue weighted by Gasteiger charge is 2.12. The highest BCUT2D eigenvalue weighted by molar-refractivity contribution is 6.34. The normalized spacial score (nSPS) is 11.0. The molecule has 0 radical (unpaired) electrons. The number of halogens is 2. The monoisotopic (exact) mass is 297 g/mol. The fourth-order valence-corrected chi connectivity index (χ4v) is 2.82. The summed E-state index contributed by atoms with van der Waals surface area (Å²) in [5.41, 5.74) is 10.1. The number of nitrogens with zero attached hydrogens (tertiary/aromatic N) is 2. The largest absolute Gasteiger partial charge is 0.329 e. The lowest BCUT2D eigenvalue weighted by Gasteiger charge is -2.05. The molecule has 2 N–H and O–H groups in total. The van der Waals surface area contributed by atoms with E-state index in [9.17, 15) is 0 Å². The van der Waals surface area contributed by atoms with Crippen LogP contribution < -0.4 is 5.73 Å². The summed E-state index contributed by atoms with van der Waals surface area (Å²) >= 11 is 12.1. The van der Waals surface area contributed by atoms with E-state index in [1.807, 2.05) is 23.7 Å². The van der Waals surface area contributed by atoms with E-state index in [4.69, 9.17) is 28.9 Å². The minimum Gasteiger partial charge on any atom is -0.329 e. The molecule has 3 nitrogen and oxygen atoms in total. The predicted octanol–water partition coefficient (Wildman–Crippen LogP) is 3.36. The lowest BCUT2D eigenvalue weighted by molar-refractivity contribution is 0.603. The van der Waals surface area contributed by atoms with E-state index in [-0.39, 0.29) is 0 Å². The molecule has 1 heterocycles. The van der Waals surface area contributed by atoms with Gasteiger partial charge in [-0.25, -0.2) is 0 Å². The molecule has 0 atom stereocenters. The molecule has 19 heavy (non-hydrogen) atoms. The molecule has 1 aromatic heterocycles. The lowest BCUT2D eigenvalue weighted by atomic mass is 10.0. The van der Waals surface area contributed by atoms with Gasteiger partial charge in [0, 0.05) is 34.3 Å². The molecule has 1 aromatic carbocycles. The molecule has 0 bridgehead atoms. The number of rotatable bonds is 4. The van der Waals surface area contributed by atoms with Gasteiger partial charge >= 0.3 is 0 Å². The molecule has 0 amide bonds. The van der Waals surface area contributed by atoms with Gasteiger partial charge in [-0.3, -0.25) is 4.68 Å². The summed E-state index contributed by atoms with van der Waals surface area (Å²) < 4.78 is 1.96. The summed E-state index contributed by atoms with van der Waals surface area (Å²) in [7, 11) is 0. The Kier molecular flexibility index (Phi) is 4.50. The second-order valence-electron chi connectivity index (χ2n) is 4.62. The van der Waals surface area contributed by atoms with Gasteiger partial charge in [-0.2, -0.15) is 5.10 Å². The van der Waals surface area contributed by atoms with Crippen LogP contribution in [0.4, 0.5) is 0 Å². The van der Waals surface area contributed by atoms with Crippen LogP contribution in [0, 0.1) is 13.8 Å². The molecule has 0 fully saturated rings. The van der Waals surface area contributed by atoms with Gasteiger partial charge in [0.05, 0.1) is 12.2 Å². The van der Waals surface area contributed by atoms with E-state index < -0.39 is 0 Å². The minimum absolute atomic E-state index is 0.588. The van der Waals surface area contributed by atoms with E-state index in [1.54, 1.807) is 6.07 Å². The van der Waals surface area contributed by atoms with Gasteiger partial charge < -0.3 is 5.73 Å². The van der Waals surface area contributed by atoms with Gasteiger partial charge in [-0.05, 0) is 37.6 Å². The van der Waals surface area contributed by atoms with Crippen molar-refractivity contribution < 1.29 is 0 Å². The van der Waals surface area contributed by atoms with Gasteiger partial charge in [0.15, 0.2) is 0 Å². The molecule has 0 spiro atoms. The van der Waals surface area contributed by atoms with E-state index in [0.29, 0.717) is 16.6 Å². The van der Waals surface area contributed by atoms with Crippen LogP contribution in [0.3, 0.4) is 0 Å². The fraction of sp³-hybridized carbons (Fsp3) is 0.357. The summed E-state index contributed by atoms with van der Waals surface area (Å²) in [6, 6.07) is 5.61. The Morgan fingerprint density at radius 2 is 1.79 bits per heavy atom. The van der Waals surface area contributed by atoms with Crippen molar-refractivity contribution in [2.75, 3.05) is 6.54 Å². The quantitative estimate of drug-likeness (QED) is 0.940. The first-order valence-electron chi connectivity index (χ1n) is 6.19. The highest BCUT2D eigenvalue weighted by Crippen LogP contribution is 2.23. The Morgan fingerprint density at radius 3 is 2.37 bits per heavy atom. The maximum absolute atomic E-state index is 6.03. The Hall–Kier alpha value is -1.03. The number of nitrogens with two attached hydrogens (primary N) is 1. The average Bonchev–Trinajstić information content (AvgIpc) is 2.56. The maximum atomic E-state index is 6.03. The molecular formula is C14H17Cl2N3. The zero-order valence-electron chi connectivity index (χ0n) is 11.1. The Labute approximate surface area is 123 Å². The maximum Gasteiger partial charge on any atom is 0.0631 e. The topological polar surface area (TPSA) is 43.8 Å². The summed E-state index contributed by atoms with van der Waals surface area (Å²) in [5, 5.41) is 5.83. The molecule has 0 unspecified atom stereocenters. The Bertz CT molecular complexity index is 570. The minimum atomic E-state index is 0.588. The van der Waals surface area contributed by atoms with Crippen molar-refractivity contribution in [1.82, 2.24) is 9.78 Å². The number of hydrogen-bond donors (Lipinski definition) is 1. The lowest BCUT2D eigenvalue weighted by Crippen LogP contribution is -2.12. The molecule has 102 valence electrons. The van der Waals surface area contributed by atoms with Crippen LogP contribution in [0.25, 0.3) is 0 Å². The van der Waals surface area contributed by atoms with Crippen molar-refractivity contribution in [2.24, 2.45) is 5.73 Å². The molecule has 0 aliphatic carbocycles. The second-order valence-corrected chi connectivity index (χ2v) is 5.49. The molecule has 2 rings (SSSR count). The molecule has 2 aromatic rings. The third kappa shape index (κ3) is 3.30. The van der Waals surface area contributed by atoms with Crippen LogP contribution in [0.1, 0.15) is 22.5 Å². The molecule has 0 aliphatic heterocycles. The third-order valence-electron chi connectivity index (χ3n) is 3.18. The van der Waals surface area contributed by atoms with E-state index in [0.717, 1.165) is 29.9 Å². The summed E-state index contributed by atoms with van der Waals surface area (Å²) in [4.78, 5) is 0. The van der Waals surface area contributed by atoms with Gasteiger partial charge in [-0.15, -0.1) is 0 Å². The van der Waals surface area contributed by atoms with Crippen molar-refractivity contribution >= 4 is 23.2 Å². The summed E-state index contributed by atoms with van der Waals surface area (Å²) in [5.74, 6) is 0. The molecule has 0 saturated heterocycles. The van der Waals surface area contributed by atoms with Crippen LogP contribution in [-0.4, -0.2) is 16.3 Å². The van der Waals surface area contributed by atoms with E-state index >= 15 is 0 Å². The first-order chi connectivity index (χ1) is 9.01. The van der Waals surface area contributed by atoms with Crippen molar-refractivity contribution in [2.45, 2.75) is 26.8 Å². The second kappa shape index (κ2) is 5.95. The van der Waals surface area contributed by atoms with E-state index in [2.05, 4.69) is 12.0 Å². The highest BCUT2D eigenvalue weighted by atomic mass is 35.5. The summed E-state index contributed by atoms with van der Waals surface area (Å²) in [6.07, 6.45) is 0.780. The Balaban J connectivity index is 2.32. The summed E-state index contributed by atoms with van der Waals surface area (Å²) in [6.45, 7) is 5.41. The zero-order chi connectivity index (χ0) is 14.0. The van der Waals surface area contributed by atoms with Gasteiger partial charge in [-0.1, -0.05) is 23.2 Å². The zero-order valence-corrected chi connectivity index (χ0v) is 12.6. The van der Waals surface area contributed by atoms with Crippen molar-refractivity contribution in [3.63, 3.8) is 0 Å². The van der Waals surface area contributed by atoms with Crippen LogP contribution in [0.15, 0.2) is 18.2 Å². The smallest absolute Gasteiger partial charge is 0.0631 e. The number of hydrogen-bond acceptors (Lipinski definition) is 2. The number of aromatic nitrogens is 2. The van der Waals surface area contributed by atoms with Crippen molar-refractivity contribution in [3.05, 3.63) is 50.8 Å². The SMILES string of the molecule is Cc1nn(CCN)c(C)c1Cc1cc(Cl)cc(Cl)c1. The molecule has 0 aliphatic rings. The predicted molar refractivity (Wildman–Crippen MR) is 80.0 cm³/mol. The molecule has 0 saturated carbocycles. The van der Waals surface area contributed by atoms with Gasteiger partial charge in [0.25, 0.3) is 0 Å². The first-order valence-corrected chi connectivity index (χ1v) is 6.94. The van der Waals surface area contributed by atoms with Crippen molar-refractivity contribution in [1.29, 1.82) is 0 Å². The van der Waals surface area contributed by atoms with Crippen molar-refractivity contribution in [3.8, 4) is 0 Å². The van der Waals surface area contributed by atoms with Crippen LogP contribution in [0.5, 0.6) is 0 Å². The van der Waals surface area contributed by atoms with Crippen LogP contribution in [0.2, 0.25) is 10.0 Å². The molecular weight excluding hydrogens is 281 g/mol. The van der Waals surface area contributed by atoms with Crippen LogP contribution >= 0.6 is 23.2 Å². The average molecular weight is 298 g/mol. The van der Waals surface area contributed by atoms with E-state index in [1.165, 1.54) is 5.56 Å². The fourth-order valence-electron chi connectivity index (χ4n) is 2.25. The van der Waals surface area contributed by atoms with Gasteiger partial charge in [0.1, 0.15) is 0 Å².